The Morgan fingerprint density at radius 1 is 1.57 bits per heavy atom. The highest BCUT2D eigenvalue weighted by Gasteiger charge is 2.05. The largest absolute Gasteiger partial charge is 0.374 e. The van der Waals surface area contributed by atoms with Crippen LogP contribution in [-0.4, -0.2) is 16.7 Å². The van der Waals surface area contributed by atoms with E-state index >= 15 is 0 Å². The topological polar surface area (TPSA) is 71.9 Å². The van der Waals surface area contributed by atoms with E-state index in [0.717, 1.165) is 6.42 Å². The molecule has 5 nitrogen and oxygen atoms in total. The maximum absolute atomic E-state index is 8.33. The summed E-state index contributed by atoms with van der Waals surface area (Å²) in [6.45, 7) is 2.93. The molecule has 1 heterocycles. The molecule has 76 valence electrons. The van der Waals surface area contributed by atoms with Crippen LogP contribution in [0.2, 0.25) is 0 Å². The van der Waals surface area contributed by atoms with Crippen LogP contribution in [0.1, 0.15) is 31.5 Å². The molecule has 0 bridgehead atoms. The Morgan fingerprint density at radius 2 is 2.43 bits per heavy atom. The van der Waals surface area contributed by atoms with Crippen LogP contribution in [0.3, 0.4) is 0 Å². The highest BCUT2D eigenvalue weighted by Crippen LogP contribution is 2.03. The van der Waals surface area contributed by atoms with Crippen LogP contribution < -0.4 is 0 Å². The van der Waals surface area contributed by atoms with E-state index in [2.05, 4.69) is 16.2 Å². The summed E-state index contributed by atoms with van der Waals surface area (Å²) in [7, 11) is 0. The van der Waals surface area contributed by atoms with Crippen LogP contribution in [0.15, 0.2) is 4.52 Å². The smallest absolute Gasteiger partial charge is 0.226 e. The van der Waals surface area contributed by atoms with Crippen molar-refractivity contribution in [2.24, 2.45) is 0 Å². The number of nitriles is 1. The number of aromatic nitrogens is 2. The quantitative estimate of drug-likeness (QED) is 0.642. The van der Waals surface area contributed by atoms with Gasteiger partial charge in [-0.15, -0.1) is 0 Å². The van der Waals surface area contributed by atoms with Crippen molar-refractivity contribution in [1.29, 1.82) is 5.26 Å². The number of aryl methyl sites for hydroxylation is 1. The van der Waals surface area contributed by atoms with Gasteiger partial charge in [0.05, 0.1) is 6.07 Å². The van der Waals surface area contributed by atoms with E-state index in [1.807, 2.05) is 6.92 Å². The Balaban J connectivity index is 2.32. The lowest BCUT2D eigenvalue weighted by Crippen LogP contribution is -1.94. The highest BCUT2D eigenvalue weighted by molar-refractivity contribution is 4.85. The van der Waals surface area contributed by atoms with Gasteiger partial charge in [0, 0.05) is 19.4 Å². The summed E-state index contributed by atoms with van der Waals surface area (Å²) in [4.78, 5) is 4.11. The molecule has 0 aliphatic heterocycles. The van der Waals surface area contributed by atoms with E-state index < -0.39 is 0 Å². The fraction of sp³-hybridized carbons (Fsp3) is 0.667. The molecule has 0 spiro atoms. The van der Waals surface area contributed by atoms with Crippen molar-refractivity contribution in [2.75, 3.05) is 6.61 Å². The van der Waals surface area contributed by atoms with E-state index in [1.54, 1.807) is 0 Å². The van der Waals surface area contributed by atoms with Crippen LogP contribution in [0, 0.1) is 11.3 Å². The van der Waals surface area contributed by atoms with Gasteiger partial charge in [-0.2, -0.15) is 10.2 Å². The van der Waals surface area contributed by atoms with Crippen LogP contribution >= 0.6 is 0 Å². The lowest BCUT2D eigenvalue weighted by atomic mass is 10.2. The van der Waals surface area contributed by atoms with Crippen molar-refractivity contribution in [1.82, 2.24) is 10.1 Å². The minimum atomic E-state index is 0.387. The van der Waals surface area contributed by atoms with Crippen molar-refractivity contribution >= 4 is 0 Å². The molecule has 1 rings (SSSR count). The molecule has 0 atom stereocenters. The zero-order valence-electron chi connectivity index (χ0n) is 8.19. The summed E-state index contributed by atoms with van der Waals surface area (Å²) in [6.07, 6.45) is 1.93. The third-order valence-electron chi connectivity index (χ3n) is 1.62. The van der Waals surface area contributed by atoms with Crippen molar-refractivity contribution in [2.45, 2.75) is 32.8 Å². The van der Waals surface area contributed by atoms with Crippen molar-refractivity contribution < 1.29 is 9.26 Å². The van der Waals surface area contributed by atoms with Crippen molar-refractivity contribution in [3.63, 3.8) is 0 Å². The highest BCUT2D eigenvalue weighted by atomic mass is 16.5. The normalized spacial score (nSPS) is 10.0. The van der Waals surface area contributed by atoms with Gasteiger partial charge in [0.2, 0.25) is 5.89 Å². The van der Waals surface area contributed by atoms with Gasteiger partial charge in [-0.1, -0.05) is 5.16 Å². The average Bonchev–Trinajstić information content (AvgIpc) is 2.63. The number of ether oxygens (including phenoxy) is 1. The minimum absolute atomic E-state index is 0.387. The van der Waals surface area contributed by atoms with Crippen LogP contribution in [0.25, 0.3) is 0 Å². The lowest BCUT2D eigenvalue weighted by Gasteiger charge is -1.92. The van der Waals surface area contributed by atoms with E-state index in [1.165, 1.54) is 0 Å². The molecule has 0 radical (unpaired) electrons. The first kappa shape index (κ1) is 10.7. The fourth-order valence-electron chi connectivity index (χ4n) is 0.962. The van der Waals surface area contributed by atoms with Gasteiger partial charge < -0.3 is 9.26 Å². The number of hydrogen-bond acceptors (Lipinski definition) is 5. The van der Waals surface area contributed by atoms with E-state index in [-0.39, 0.29) is 0 Å². The first-order valence-electron chi connectivity index (χ1n) is 4.63. The second-order valence-corrected chi connectivity index (χ2v) is 2.75. The van der Waals surface area contributed by atoms with Crippen LogP contribution in [0.5, 0.6) is 0 Å². The summed E-state index contributed by atoms with van der Waals surface area (Å²) < 4.78 is 10.1. The maximum atomic E-state index is 8.33. The van der Waals surface area contributed by atoms with Gasteiger partial charge in [0.15, 0.2) is 5.82 Å². The molecule has 0 amide bonds. The zero-order chi connectivity index (χ0) is 10.2. The summed E-state index contributed by atoms with van der Waals surface area (Å²) >= 11 is 0. The first-order chi connectivity index (χ1) is 6.86. The molecule has 0 aromatic carbocycles. The number of unbranched alkanes of at least 4 members (excludes halogenated alkanes) is 1. The zero-order valence-corrected chi connectivity index (χ0v) is 8.19. The molecule has 0 saturated heterocycles. The average molecular weight is 195 g/mol. The first-order valence-corrected chi connectivity index (χ1v) is 4.63. The SMILES string of the molecule is CCOCc1noc(CCCC#N)n1. The predicted octanol–water partition coefficient (Wildman–Crippen LogP) is 1.45. The van der Waals surface area contributed by atoms with Gasteiger partial charge in [0.25, 0.3) is 0 Å². The molecular weight excluding hydrogens is 182 g/mol. The fourth-order valence-corrected chi connectivity index (χ4v) is 0.962. The molecule has 14 heavy (non-hydrogen) atoms. The number of nitrogens with zero attached hydrogens (tertiary/aromatic N) is 3. The molecule has 1 aromatic rings. The van der Waals surface area contributed by atoms with Crippen LogP contribution in [0.4, 0.5) is 0 Å². The Labute approximate surface area is 82.7 Å². The monoisotopic (exact) mass is 195 g/mol. The molecule has 0 aliphatic carbocycles. The van der Waals surface area contributed by atoms with Gasteiger partial charge in [0.1, 0.15) is 6.61 Å². The van der Waals surface area contributed by atoms with Gasteiger partial charge in [-0.25, -0.2) is 0 Å². The number of hydrogen-bond donors (Lipinski definition) is 0. The Morgan fingerprint density at radius 3 is 3.14 bits per heavy atom. The standard InChI is InChI=1S/C9H13N3O2/c1-2-13-7-8-11-9(14-12-8)5-3-4-6-10/h2-5,7H2,1H3. The van der Waals surface area contributed by atoms with Crippen molar-refractivity contribution in [3.8, 4) is 6.07 Å². The molecular formula is C9H13N3O2. The second kappa shape index (κ2) is 6.11. The molecule has 0 fully saturated rings. The van der Waals surface area contributed by atoms with E-state index in [0.29, 0.717) is 37.8 Å². The van der Waals surface area contributed by atoms with E-state index in [9.17, 15) is 0 Å². The Hall–Kier alpha value is -1.41. The summed E-state index contributed by atoms with van der Waals surface area (Å²) in [5.74, 6) is 1.15. The molecule has 0 aliphatic rings. The summed E-state index contributed by atoms with van der Waals surface area (Å²) in [5, 5.41) is 12.1. The van der Waals surface area contributed by atoms with Gasteiger partial charge in [-0.3, -0.25) is 0 Å². The molecule has 0 saturated carbocycles. The Bertz CT molecular complexity index is 303. The third-order valence-corrected chi connectivity index (χ3v) is 1.62. The molecule has 0 unspecified atom stereocenters. The minimum Gasteiger partial charge on any atom is -0.374 e. The second-order valence-electron chi connectivity index (χ2n) is 2.75. The molecule has 5 heteroatoms. The molecule has 0 N–H and O–H groups in total. The predicted molar refractivity (Wildman–Crippen MR) is 48.2 cm³/mol. The summed E-state index contributed by atoms with van der Waals surface area (Å²) in [5.41, 5.74) is 0. The number of rotatable bonds is 6. The van der Waals surface area contributed by atoms with Crippen molar-refractivity contribution in [3.05, 3.63) is 11.7 Å². The van der Waals surface area contributed by atoms with Crippen LogP contribution in [-0.2, 0) is 17.8 Å². The van der Waals surface area contributed by atoms with Gasteiger partial charge in [-0.05, 0) is 13.3 Å². The third kappa shape index (κ3) is 3.54. The Kier molecular flexibility index (Phi) is 4.65. The van der Waals surface area contributed by atoms with E-state index in [4.69, 9.17) is 14.5 Å². The maximum Gasteiger partial charge on any atom is 0.226 e. The summed E-state index contributed by atoms with van der Waals surface area (Å²) in [6, 6.07) is 2.06. The van der Waals surface area contributed by atoms with Gasteiger partial charge >= 0.3 is 0 Å². The molecule has 1 aromatic heterocycles. The lowest BCUT2D eigenvalue weighted by molar-refractivity contribution is 0.126.